The van der Waals surface area contributed by atoms with Gasteiger partial charge in [-0.2, -0.15) is 0 Å². The second kappa shape index (κ2) is 9.23. The number of hydrogen-bond acceptors (Lipinski definition) is 3. The number of aromatic carboxylic acids is 1. The Balaban J connectivity index is 1.78. The molecule has 0 spiro atoms. The molecule has 0 saturated carbocycles. The van der Waals surface area contributed by atoms with Gasteiger partial charge in [0.1, 0.15) is 0 Å². The summed E-state index contributed by atoms with van der Waals surface area (Å²) in [7, 11) is 0. The topological polar surface area (TPSA) is 59.4 Å². The van der Waals surface area contributed by atoms with Gasteiger partial charge in [-0.1, -0.05) is 43.3 Å². The molecule has 1 N–H and O–H groups in total. The van der Waals surface area contributed by atoms with E-state index in [0.717, 1.165) is 61.3 Å². The standard InChI is InChI=1S/C26H27NO3/c1-2-18-5-7-21(8-6-18)25-24(20-9-11-22(12-10-20)26(28)29)16-23(17-27-25)19-4-3-14-30-15-13-19/h5-12,16-17,19H,2-4,13-15H2,1H3,(H,28,29)/t19-/m1/s1. The Bertz CT molecular complexity index is 1000. The maximum absolute atomic E-state index is 11.3. The van der Waals surface area contributed by atoms with Crippen LogP contribution in [0.4, 0.5) is 0 Å². The number of nitrogens with zero attached hydrogens (tertiary/aromatic N) is 1. The van der Waals surface area contributed by atoms with Gasteiger partial charge in [0, 0.05) is 30.5 Å². The van der Waals surface area contributed by atoms with E-state index >= 15 is 0 Å². The van der Waals surface area contributed by atoms with E-state index < -0.39 is 5.97 Å². The monoisotopic (exact) mass is 401 g/mol. The largest absolute Gasteiger partial charge is 0.478 e. The molecule has 1 saturated heterocycles. The van der Waals surface area contributed by atoms with Gasteiger partial charge in [-0.25, -0.2) is 4.79 Å². The molecule has 1 fully saturated rings. The van der Waals surface area contributed by atoms with Crippen molar-refractivity contribution in [2.75, 3.05) is 13.2 Å². The minimum absolute atomic E-state index is 0.289. The van der Waals surface area contributed by atoms with E-state index in [9.17, 15) is 9.90 Å². The fourth-order valence-corrected chi connectivity index (χ4v) is 4.08. The van der Waals surface area contributed by atoms with E-state index in [0.29, 0.717) is 5.92 Å². The van der Waals surface area contributed by atoms with Crippen molar-refractivity contribution in [3.63, 3.8) is 0 Å². The summed E-state index contributed by atoms with van der Waals surface area (Å²) in [5.41, 5.74) is 6.83. The molecule has 154 valence electrons. The van der Waals surface area contributed by atoms with Gasteiger partial charge in [-0.05, 0) is 66.5 Å². The molecule has 4 rings (SSSR count). The first-order valence-electron chi connectivity index (χ1n) is 10.7. The Labute approximate surface area is 177 Å². The summed E-state index contributed by atoms with van der Waals surface area (Å²) in [5, 5.41) is 9.24. The third kappa shape index (κ3) is 4.44. The number of carboxylic acid groups (broad SMARTS) is 1. The molecule has 1 atom stereocenters. The van der Waals surface area contributed by atoms with Crippen molar-refractivity contribution < 1.29 is 14.6 Å². The number of carbonyl (C=O) groups is 1. The predicted octanol–water partition coefficient (Wildman–Crippen LogP) is 5.96. The van der Waals surface area contributed by atoms with E-state index in [1.54, 1.807) is 12.1 Å². The fourth-order valence-electron chi connectivity index (χ4n) is 4.08. The summed E-state index contributed by atoms with van der Waals surface area (Å²) >= 11 is 0. The Morgan fingerprint density at radius 1 is 1.03 bits per heavy atom. The van der Waals surface area contributed by atoms with Crippen LogP contribution in [0.2, 0.25) is 0 Å². The number of ether oxygens (including phenoxy) is 1. The van der Waals surface area contributed by atoms with Crippen LogP contribution in [0, 0.1) is 0 Å². The van der Waals surface area contributed by atoms with Crippen LogP contribution in [0.25, 0.3) is 22.4 Å². The van der Waals surface area contributed by atoms with E-state index in [-0.39, 0.29) is 5.56 Å². The zero-order valence-corrected chi connectivity index (χ0v) is 17.3. The molecule has 2 aromatic carbocycles. The first kappa shape index (κ1) is 20.3. The van der Waals surface area contributed by atoms with E-state index in [1.807, 2.05) is 18.3 Å². The van der Waals surface area contributed by atoms with Gasteiger partial charge < -0.3 is 9.84 Å². The van der Waals surface area contributed by atoms with Crippen LogP contribution in [0.15, 0.2) is 60.8 Å². The molecule has 0 radical (unpaired) electrons. The highest BCUT2D eigenvalue weighted by Gasteiger charge is 2.18. The van der Waals surface area contributed by atoms with Crippen molar-refractivity contribution in [2.45, 2.75) is 38.5 Å². The van der Waals surface area contributed by atoms with Crippen molar-refractivity contribution in [1.82, 2.24) is 4.98 Å². The second-order valence-corrected chi connectivity index (χ2v) is 7.84. The number of carboxylic acids is 1. The average molecular weight is 402 g/mol. The summed E-state index contributed by atoms with van der Waals surface area (Å²) in [5.74, 6) is -0.476. The van der Waals surface area contributed by atoms with Gasteiger partial charge >= 0.3 is 5.97 Å². The van der Waals surface area contributed by atoms with Crippen LogP contribution < -0.4 is 0 Å². The van der Waals surface area contributed by atoms with Crippen molar-refractivity contribution in [1.29, 1.82) is 0 Å². The predicted molar refractivity (Wildman–Crippen MR) is 119 cm³/mol. The van der Waals surface area contributed by atoms with Gasteiger partial charge in [0.25, 0.3) is 0 Å². The lowest BCUT2D eigenvalue weighted by atomic mass is 9.89. The molecule has 0 amide bonds. The number of hydrogen-bond donors (Lipinski definition) is 1. The van der Waals surface area contributed by atoms with Crippen LogP contribution in [0.1, 0.15) is 53.6 Å². The maximum atomic E-state index is 11.3. The SMILES string of the molecule is CCc1ccc(-c2ncc([C@@H]3CCCOCC3)cc2-c2ccc(C(=O)O)cc2)cc1. The van der Waals surface area contributed by atoms with Gasteiger partial charge in [0.2, 0.25) is 0 Å². The maximum Gasteiger partial charge on any atom is 0.335 e. The molecule has 3 aromatic rings. The zero-order chi connectivity index (χ0) is 20.9. The molecule has 30 heavy (non-hydrogen) atoms. The highest BCUT2D eigenvalue weighted by Crippen LogP contribution is 2.35. The molecular formula is C26H27NO3. The van der Waals surface area contributed by atoms with E-state index in [4.69, 9.17) is 9.72 Å². The van der Waals surface area contributed by atoms with Gasteiger partial charge in [-0.3, -0.25) is 4.98 Å². The number of benzene rings is 2. The van der Waals surface area contributed by atoms with Crippen LogP contribution in [0.5, 0.6) is 0 Å². The van der Waals surface area contributed by atoms with Gasteiger partial charge in [-0.15, -0.1) is 0 Å². The molecular weight excluding hydrogens is 374 g/mol. The quantitative estimate of drug-likeness (QED) is 0.573. The summed E-state index contributed by atoms with van der Waals surface area (Å²) in [6, 6.07) is 17.8. The van der Waals surface area contributed by atoms with E-state index in [1.165, 1.54) is 11.1 Å². The molecule has 2 heterocycles. The van der Waals surface area contributed by atoms with Crippen LogP contribution in [-0.4, -0.2) is 29.3 Å². The molecule has 1 aliphatic rings. The number of aryl methyl sites for hydroxylation is 1. The summed E-state index contributed by atoms with van der Waals surface area (Å²) in [6.07, 6.45) is 6.18. The Kier molecular flexibility index (Phi) is 6.24. The van der Waals surface area contributed by atoms with Crippen molar-refractivity contribution >= 4 is 5.97 Å². The Morgan fingerprint density at radius 3 is 2.47 bits per heavy atom. The molecule has 4 nitrogen and oxygen atoms in total. The highest BCUT2D eigenvalue weighted by atomic mass is 16.5. The van der Waals surface area contributed by atoms with Crippen molar-refractivity contribution in [3.05, 3.63) is 77.5 Å². The number of rotatable bonds is 5. The minimum atomic E-state index is -0.915. The third-order valence-electron chi connectivity index (χ3n) is 5.91. The molecule has 1 aliphatic heterocycles. The first-order valence-corrected chi connectivity index (χ1v) is 10.7. The number of pyridine rings is 1. The second-order valence-electron chi connectivity index (χ2n) is 7.84. The van der Waals surface area contributed by atoms with Crippen LogP contribution >= 0.6 is 0 Å². The Morgan fingerprint density at radius 2 is 1.77 bits per heavy atom. The van der Waals surface area contributed by atoms with Crippen molar-refractivity contribution in [3.8, 4) is 22.4 Å². The summed E-state index contributed by atoms with van der Waals surface area (Å²) in [6.45, 7) is 3.76. The summed E-state index contributed by atoms with van der Waals surface area (Å²) < 4.78 is 5.64. The molecule has 1 aromatic heterocycles. The Hall–Kier alpha value is -2.98. The zero-order valence-electron chi connectivity index (χ0n) is 17.3. The van der Waals surface area contributed by atoms with E-state index in [2.05, 4.69) is 37.3 Å². The molecule has 0 bridgehead atoms. The molecule has 0 aliphatic carbocycles. The number of aromatic nitrogens is 1. The van der Waals surface area contributed by atoms with Gasteiger partial charge in [0.15, 0.2) is 0 Å². The van der Waals surface area contributed by atoms with Crippen molar-refractivity contribution in [2.24, 2.45) is 0 Å². The average Bonchev–Trinajstić information content (AvgIpc) is 3.08. The molecule has 0 unspecified atom stereocenters. The van der Waals surface area contributed by atoms with Crippen LogP contribution in [-0.2, 0) is 11.2 Å². The fraction of sp³-hybridized carbons (Fsp3) is 0.308. The lowest BCUT2D eigenvalue weighted by Gasteiger charge is -2.17. The minimum Gasteiger partial charge on any atom is -0.478 e. The highest BCUT2D eigenvalue weighted by molar-refractivity contribution is 5.89. The molecule has 4 heteroatoms. The lowest BCUT2D eigenvalue weighted by Crippen LogP contribution is -2.02. The smallest absolute Gasteiger partial charge is 0.335 e. The van der Waals surface area contributed by atoms with Gasteiger partial charge in [0.05, 0.1) is 11.3 Å². The summed E-state index contributed by atoms with van der Waals surface area (Å²) in [4.78, 5) is 16.2. The third-order valence-corrected chi connectivity index (χ3v) is 5.91. The lowest BCUT2D eigenvalue weighted by molar-refractivity contribution is 0.0697. The first-order chi connectivity index (χ1) is 14.7. The van der Waals surface area contributed by atoms with Crippen LogP contribution in [0.3, 0.4) is 0 Å². The normalized spacial score (nSPS) is 16.8.